The van der Waals surface area contributed by atoms with E-state index in [0.717, 1.165) is 36.5 Å². The van der Waals surface area contributed by atoms with Crippen molar-refractivity contribution in [2.45, 2.75) is 63.7 Å². The van der Waals surface area contributed by atoms with Gasteiger partial charge in [0.25, 0.3) is 0 Å². The Kier molecular flexibility index (Phi) is 4.16. The highest BCUT2D eigenvalue weighted by Crippen LogP contribution is 2.45. The first kappa shape index (κ1) is 13.1. The third-order valence-corrected chi connectivity index (χ3v) is 4.97. The summed E-state index contributed by atoms with van der Waals surface area (Å²) >= 11 is 0. The molecule has 2 N–H and O–H groups in total. The Bertz CT molecular complexity index is 404. The van der Waals surface area contributed by atoms with E-state index in [1.807, 2.05) is 0 Å². The van der Waals surface area contributed by atoms with Gasteiger partial charge in [0.05, 0.1) is 0 Å². The molecule has 106 valence electrons. The largest absolute Gasteiger partial charge is 0.425 e. The minimum atomic E-state index is 0.512. The molecule has 4 heteroatoms. The molecule has 3 atom stereocenters. The lowest BCUT2D eigenvalue weighted by Crippen LogP contribution is -2.26. The van der Waals surface area contributed by atoms with Gasteiger partial charge in [0.15, 0.2) is 0 Å². The normalized spacial score (nSPS) is 31.1. The number of rotatable bonds is 4. The zero-order chi connectivity index (χ0) is 13.1. The summed E-state index contributed by atoms with van der Waals surface area (Å²) in [4.78, 5) is 0. The lowest BCUT2D eigenvalue weighted by atomic mass is 9.67. The van der Waals surface area contributed by atoms with Crippen molar-refractivity contribution < 1.29 is 4.42 Å². The van der Waals surface area contributed by atoms with E-state index in [1.165, 1.54) is 44.9 Å². The van der Waals surface area contributed by atoms with Crippen LogP contribution in [0.25, 0.3) is 0 Å². The lowest BCUT2D eigenvalue weighted by molar-refractivity contribution is 0.145. The van der Waals surface area contributed by atoms with E-state index in [1.54, 1.807) is 0 Å². The zero-order valence-corrected chi connectivity index (χ0v) is 11.7. The number of nitrogens with zero attached hydrogens (tertiary/aromatic N) is 2. The Labute approximate surface area is 115 Å². The van der Waals surface area contributed by atoms with Crippen LogP contribution >= 0.6 is 0 Å². The summed E-state index contributed by atoms with van der Waals surface area (Å²) in [7, 11) is 0. The minimum Gasteiger partial charge on any atom is -0.425 e. The quantitative estimate of drug-likeness (QED) is 0.906. The molecule has 0 bridgehead atoms. The number of aryl methyl sites for hydroxylation is 1. The van der Waals surface area contributed by atoms with E-state index >= 15 is 0 Å². The first-order valence-electron chi connectivity index (χ1n) is 7.89. The van der Waals surface area contributed by atoms with Crippen LogP contribution in [0.1, 0.15) is 69.1 Å². The molecule has 0 saturated heterocycles. The molecule has 4 nitrogen and oxygen atoms in total. The van der Waals surface area contributed by atoms with Gasteiger partial charge in [-0.2, -0.15) is 0 Å². The molecule has 3 rings (SSSR count). The molecule has 0 spiro atoms. The molecule has 1 aromatic rings. The van der Waals surface area contributed by atoms with Gasteiger partial charge in [-0.15, -0.1) is 10.2 Å². The van der Waals surface area contributed by atoms with Crippen LogP contribution in [0, 0.1) is 11.8 Å². The fourth-order valence-electron chi connectivity index (χ4n) is 3.88. The van der Waals surface area contributed by atoms with Crippen molar-refractivity contribution in [2.24, 2.45) is 17.6 Å². The van der Waals surface area contributed by atoms with E-state index in [9.17, 15) is 0 Å². The third kappa shape index (κ3) is 2.99. The first-order chi connectivity index (χ1) is 9.36. The second-order valence-electron chi connectivity index (χ2n) is 6.24. The molecular weight excluding hydrogens is 238 g/mol. The molecule has 0 amide bonds. The predicted octanol–water partition coefficient (Wildman–Crippen LogP) is 3.03. The van der Waals surface area contributed by atoms with Crippen LogP contribution in [0.4, 0.5) is 0 Å². The summed E-state index contributed by atoms with van der Waals surface area (Å²) in [6.07, 6.45) is 11.3. The van der Waals surface area contributed by atoms with Crippen LogP contribution in [-0.2, 0) is 6.42 Å². The molecule has 3 unspecified atom stereocenters. The second kappa shape index (κ2) is 6.04. The highest BCUT2D eigenvalue weighted by Gasteiger charge is 2.34. The van der Waals surface area contributed by atoms with E-state index in [4.69, 9.17) is 10.2 Å². The summed E-state index contributed by atoms with van der Waals surface area (Å²) in [5.74, 6) is 4.05. The predicted molar refractivity (Wildman–Crippen MR) is 73.7 cm³/mol. The van der Waals surface area contributed by atoms with Crippen LogP contribution < -0.4 is 5.73 Å². The Morgan fingerprint density at radius 2 is 1.89 bits per heavy atom. The maximum atomic E-state index is 5.83. The summed E-state index contributed by atoms with van der Waals surface area (Å²) in [6.45, 7) is 0.685. The van der Waals surface area contributed by atoms with Gasteiger partial charge in [0.1, 0.15) is 0 Å². The van der Waals surface area contributed by atoms with E-state index in [2.05, 4.69) is 10.2 Å². The van der Waals surface area contributed by atoms with Crippen LogP contribution in [-0.4, -0.2) is 16.7 Å². The number of fused-ring (bicyclic) bond motifs is 1. The third-order valence-electron chi connectivity index (χ3n) is 4.97. The van der Waals surface area contributed by atoms with Gasteiger partial charge in [0.2, 0.25) is 11.8 Å². The average Bonchev–Trinajstić information content (AvgIpc) is 2.93. The smallest absolute Gasteiger partial charge is 0.219 e. The van der Waals surface area contributed by atoms with Crippen LogP contribution in [0.15, 0.2) is 4.42 Å². The Morgan fingerprint density at radius 3 is 2.74 bits per heavy atom. The maximum absolute atomic E-state index is 5.83. The Morgan fingerprint density at radius 1 is 1.05 bits per heavy atom. The van der Waals surface area contributed by atoms with Crippen molar-refractivity contribution >= 4 is 0 Å². The van der Waals surface area contributed by atoms with Crippen molar-refractivity contribution in [2.75, 3.05) is 6.54 Å². The molecule has 0 radical (unpaired) electrons. The molecule has 2 aliphatic rings. The van der Waals surface area contributed by atoms with Crippen molar-refractivity contribution in [1.82, 2.24) is 10.2 Å². The van der Waals surface area contributed by atoms with Gasteiger partial charge >= 0.3 is 0 Å². The Hall–Kier alpha value is -0.900. The molecular formula is C15H25N3O. The summed E-state index contributed by atoms with van der Waals surface area (Å²) in [5, 5.41) is 8.43. The zero-order valence-electron chi connectivity index (χ0n) is 11.7. The van der Waals surface area contributed by atoms with Crippen molar-refractivity contribution in [1.29, 1.82) is 0 Å². The Balaban J connectivity index is 1.61. The molecule has 0 aromatic carbocycles. The van der Waals surface area contributed by atoms with Gasteiger partial charge in [-0.1, -0.05) is 25.7 Å². The number of aromatic nitrogens is 2. The fraction of sp³-hybridized carbons (Fsp3) is 0.867. The number of nitrogens with two attached hydrogens (primary N) is 1. The van der Waals surface area contributed by atoms with Crippen molar-refractivity contribution in [3.8, 4) is 0 Å². The average molecular weight is 263 g/mol. The second-order valence-corrected chi connectivity index (χ2v) is 6.24. The highest BCUT2D eigenvalue weighted by molar-refractivity contribution is 4.97. The SMILES string of the molecule is NCCCc1nnc(C2CCC3CCCCC3C2)o1. The summed E-state index contributed by atoms with van der Waals surface area (Å²) in [5.41, 5.74) is 5.51. The van der Waals surface area contributed by atoms with Crippen LogP contribution in [0.2, 0.25) is 0 Å². The van der Waals surface area contributed by atoms with Gasteiger partial charge < -0.3 is 10.2 Å². The number of hydrogen-bond acceptors (Lipinski definition) is 4. The highest BCUT2D eigenvalue weighted by atomic mass is 16.4. The fourth-order valence-corrected chi connectivity index (χ4v) is 3.88. The van der Waals surface area contributed by atoms with E-state index < -0.39 is 0 Å². The van der Waals surface area contributed by atoms with Crippen LogP contribution in [0.3, 0.4) is 0 Å². The van der Waals surface area contributed by atoms with Gasteiger partial charge in [-0.3, -0.25) is 0 Å². The molecule has 0 aliphatic heterocycles. The van der Waals surface area contributed by atoms with Gasteiger partial charge in [-0.05, 0) is 44.1 Å². The summed E-state index contributed by atoms with van der Waals surface area (Å²) < 4.78 is 5.83. The van der Waals surface area contributed by atoms with Gasteiger partial charge in [0, 0.05) is 12.3 Å². The molecule has 1 heterocycles. The maximum Gasteiger partial charge on any atom is 0.219 e. The van der Waals surface area contributed by atoms with Gasteiger partial charge in [-0.25, -0.2) is 0 Å². The molecule has 1 aromatic heterocycles. The monoisotopic (exact) mass is 263 g/mol. The molecule has 2 aliphatic carbocycles. The molecule has 19 heavy (non-hydrogen) atoms. The van der Waals surface area contributed by atoms with Crippen molar-refractivity contribution in [3.63, 3.8) is 0 Å². The molecule has 2 fully saturated rings. The summed E-state index contributed by atoms with van der Waals surface area (Å²) in [6, 6.07) is 0. The van der Waals surface area contributed by atoms with E-state index in [-0.39, 0.29) is 0 Å². The standard InChI is InChI=1S/C15H25N3O/c16-9-3-6-14-17-18-15(19-14)13-8-7-11-4-1-2-5-12(11)10-13/h11-13H,1-10,16H2. The minimum absolute atomic E-state index is 0.512. The first-order valence-corrected chi connectivity index (χ1v) is 7.89. The lowest BCUT2D eigenvalue weighted by Gasteiger charge is -2.38. The molecule has 2 saturated carbocycles. The van der Waals surface area contributed by atoms with Crippen LogP contribution in [0.5, 0.6) is 0 Å². The topological polar surface area (TPSA) is 64.9 Å². The van der Waals surface area contributed by atoms with E-state index in [0.29, 0.717) is 12.5 Å². The van der Waals surface area contributed by atoms with Crippen molar-refractivity contribution in [3.05, 3.63) is 11.8 Å². The number of hydrogen-bond donors (Lipinski definition) is 1.